The highest BCUT2D eigenvalue weighted by Crippen LogP contribution is 1.97. The molecular formula is C12H19N3O. The van der Waals surface area contributed by atoms with Crippen LogP contribution in [0.15, 0.2) is 24.5 Å². The SMILES string of the molecule is CCNCC(C)C(=O)NCc1ccncc1. The molecule has 0 saturated heterocycles. The van der Waals surface area contributed by atoms with Crippen LogP contribution in [-0.4, -0.2) is 24.0 Å². The molecule has 1 rings (SSSR count). The van der Waals surface area contributed by atoms with Crippen molar-refractivity contribution in [2.45, 2.75) is 20.4 Å². The molecule has 1 aromatic heterocycles. The van der Waals surface area contributed by atoms with E-state index in [0.29, 0.717) is 6.54 Å². The van der Waals surface area contributed by atoms with E-state index in [-0.39, 0.29) is 11.8 Å². The Balaban J connectivity index is 2.29. The first-order valence-corrected chi connectivity index (χ1v) is 5.61. The number of nitrogens with one attached hydrogen (secondary N) is 2. The molecule has 0 aliphatic carbocycles. The van der Waals surface area contributed by atoms with E-state index in [9.17, 15) is 4.79 Å². The Morgan fingerprint density at radius 3 is 2.75 bits per heavy atom. The molecule has 1 unspecified atom stereocenters. The second-order valence-electron chi connectivity index (χ2n) is 3.78. The Morgan fingerprint density at radius 2 is 2.12 bits per heavy atom. The molecule has 1 heterocycles. The molecule has 0 aliphatic rings. The third-order valence-electron chi connectivity index (χ3n) is 2.36. The van der Waals surface area contributed by atoms with Crippen molar-refractivity contribution in [1.29, 1.82) is 0 Å². The van der Waals surface area contributed by atoms with E-state index in [1.807, 2.05) is 26.0 Å². The summed E-state index contributed by atoms with van der Waals surface area (Å²) in [5.74, 6) is 0.0829. The van der Waals surface area contributed by atoms with Crippen molar-refractivity contribution in [3.8, 4) is 0 Å². The Morgan fingerprint density at radius 1 is 1.44 bits per heavy atom. The highest BCUT2D eigenvalue weighted by molar-refractivity contribution is 5.78. The lowest BCUT2D eigenvalue weighted by atomic mass is 10.1. The number of hydrogen-bond donors (Lipinski definition) is 2. The molecule has 0 fully saturated rings. The summed E-state index contributed by atoms with van der Waals surface area (Å²) >= 11 is 0. The Hall–Kier alpha value is -1.42. The summed E-state index contributed by atoms with van der Waals surface area (Å²) in [5.41, 5.74) is 1.07. The summed E-state index contributed by atoms with van der Waals surface area (Å²) in [7, 11) is 0. The van der Waals surface area contributed by atoms with Gasteiger partial charge in [0.25, 0.3) is 0 Å². The maximum Gasteiger partial charge on any atom is 0.224 e. The fraction of sp³-hybridized carbons (Fsp3) is 0.500. The van der Waals surface area contributed by atoms with Crippen molar-refractivity contribution in [3.05, 3.63) is 30.1 Å². The summed E-state index contributed by atoms with van der Waals surface area (Å²) in [5, 5.41) is 6.06. The van der Waals surface area contributed by atoms with Gasteiger partial charge in [0.2, 0.25) is 5.91 Å². The monoisotopic (exact) mass is 221 g/mol. The van der Waals surface area contributed by atoms with Crippen LogP contribution in [0.4, 0.5) is 0 Å². The zero-order valence-electron chi connectivity index (χ0n) is 9.86. The molecule has 16 heavy (non-hydrogen) atoms. The minimum absolute atomic E-state index is 0.00165. The number of amides is 1. The first-order valence-electron chi connectivity index (χ1n) is 5.61. The number of hydrogen-bond acceptors (Lipinski definition) is 3. The molecule has 0 radical (unpaired) electrons. The van der Waals surface area contributed by atoms with Gasteiger partial charge in [-0.1, -0.05) is 13.8 Å². The van der Waals surface area contributed by atoms with E-state index < -0.39 is 0 Å². The van der Waals surface area contributed by atoms with Gasteiger partial charge in [0.05, 0.1) is 0 Å². The Kier molecular flexibility index (Phi) is 5.50. The largest absolute Gasteiger partial charge is 0.352 e. The first kappa shape index (κ1) is 12.6. The topological polar surface area (TPSA) is 54.0 Å². The number of nitrogens with zero attached hydrogens (tertiary/aromatic N) is 1. The average Bonchev–Trinajstić information content (AvgIpc) is 2.34. The lowest BCUT2D eigenvalue weighted by molar-refractivity contribution is -0.124. The van der Waals surface area contributed by atoms with E-state index in [0.717, 1.165) is 18.7 Å². The van der Waals surface area contributed by atoms with Crippen LogP contribution in [0.25, 0.3) is 0 Å². The molecule has 0 aromatic carbocycles. The van der Waals surface area contributed by atoms with Gasteiger partial charge in [0.15, 0.2) is 0 Å². The molecule has 1 amide bonds. The third-order valence-corrected chi connectivity index (χ3v) is 2.36. The predicted octanol–water partition coefficient (Wildman–Crippen LogP) is 0.943. The summed E-state index contributed by atoms with van der Waals surface area (Å²) < 4.78 is 0. The van der Waals surface area contributed by atoms with Crippen LogP contribution in [0.5, 0.6) is 0 Å². The zero-order chi connectivity index (χ0) is 11.8. The van der Waals surface area contributed by atoms with Crippen molar-refractivity contribution in [3.63, 3.8) is 0 Å². The summed E-state index contributed by atoms with van der Waals surface area (Å²) in [6.45, 7) is 6.13. The lowest BCUT2D eigenvalue weighted by Crippen LogP contribution is -2.34. The normalized spacial score (nSPS) is 12.1. The smallest absolute Gasteiger partial charge is 0.224 e. The molecule has 1 aromatic rings. The van der Waals surface area contributed by atoms with E-state index in [2.05, 4.69) is 15.6 Å². The molecule has 0 bridgehead atoms. The van der Waals surface area contributed by atoms with Crippen molar-refractivity contribution in [2.75, 3.05) is 13.1 Å². The van der Waals surface area contributed by atoms with E-state index in [1.54, 1.807) is 12.4 Å². The van der Waals surface area contributed by atoms with Crippen LogP contribution < -0.4 is 10.6 Å². The van der Waals surface area contributed by atoms with Crippen LogP contribution in [0.1, 0.15) is 19.4 Å². The quantitative estimate of drug-likeness (QED) is 0.752. The van der Waals surface area contributed by atoms with Gasteiger partial charge in [-0.05, 0) is 24.2 Å². The van der Waals surface area contributed by atoms with Gasteiger partial charge < -0.3 is 10.6 Å². The summed E-state index contributed by atoms with van der Waals surface area (Å²) in [6, 6.07) is 3.80. The van der Waals surface area contributed by atoms with Crippen LogP contribution >= 0.6 is 0 Å². The number of aromatic nitrogens is 1. The van der Waals surface area contributed by atoms with Gasteiger partial charge in [-0.25, -0.2) is 0 Å². The summed E-state index contributed by atoms with van der Waals surface area (Å²) in [4.78, 5) is 15.6. The number of pyridine rings is 1. The van der Waals surface area contributed by atoms with Gasteiger partial charge in [0.1, 0.15) is 0 Å². The lowest BCUT2D eigenvalue weighted by Gasteiger charge is -2.12. The number of carbonyl (C=O) groups is 1. The third kappa shape index (κ3) is 4.40. The fourth-order valence-corrected chi connectivity index (χ4v) is 1.32. The molecule has 0 saturated carbocycles. The molecule has 4 heteroatoms. The van der Waals surface area contributed by atoms with E-state index >= 15 is 0 Å². The van der Waals surface area contributed by atoms with Crippen LogP contribution in [0.3, 0.4) is 0 Å². The highest BCUT2D eigenvalue weighted by Gasteiger charge is 2.10. The van der Waals surface area contributed by atoms with Gasteiger partial charge in [-0.2, -0.15) is 0 Å². The second kappa shape index (κ2) is 6.95. The minimum Gasteiger partial charge on any atom is -0.352 e. The summed E-state index contributed by atoms with van der Waals surface area (Å²) in [6.07, 6.45) is 3.45. The molecule has 1 atom stereocenters. The molecule has 0 spiro atoms. The Labute approximate surface area is 96.5 Å². The van der Waals surface area contributed by atoms with Gasteiger partial charge in [0, 0.05) is 31.4 Å². The maximum atomic E-state index is 11.7. The van der Waals surface area contributed by atoms with E-state index in [4.69, 9.17) is 0 Å². The minimum atomic E-state index is 0.00165. The number of carbonyl (C=O) groups excluding carboxylic acids is 1. The molecule has 88 valence electrons. The highest BCUT2D eigenvalue weighted by atomic mass is 16.1. The van der Waals surface area contributed by atoms with Crippen molar-refractivity contribution >= 4 is 5.91 Å². The van der Waals surface area contributed by atoms with E-state index in [1.165, 1.54) is 0 Å². The second-order valence-corrected chi connectivity index (χ2v) is 3.78. The molecule has 2 N–H and O–H groups in total. The van der Waals surface area contributed by atoms with Crippen molar-refractivity contribution in [2.24, 2.45) is 5.92 Å². The standard InChI is InChI=1S/C12H19N3O/c1-3-13-8-10(2)12(16)15-9-11-4-6-14-7-5-11/h4-7,10,13H,3,8-9H2,1-2H3,(H,15,16). The molecule has 4 nitrogen and oxygen atoms in total. The molecule has 0 aliphatic heterocycles. The predicted molar refractivity (Wildman–Crippen MR) is 63.8 cm³/mol. The van der Waals surface area contributed by atoms with Crippen molar-refractivity contribution < 1.29 is 4.79 Å². The number of rotatable bonds is 6. The van der Waals surface area contributed by atoms with Gasteiger partial charge >= 0.3 is 0 Å². The average molecular weight is 221 g/mol. The fourth-order valence-electron chi connectivity index (χ4n) is 1.32. The van der Waals surface area contributed by atoms with Crippen molar-refractivity contribution in [1.82, 2.24) is 15.6 Å². The van der Waals surface area contributed by atoms with Crippen LogP contribution in [0.2, 0.25) is 0 Å². The van der Waals surface area contributed by atoms with Crippen LogP contribution in [-0.2, 0) is 11.3 Å². The Bertz CT molecular complexity index is 313. The zero-order valence-corrected chi connectivity index (χ0v) is 9.86. The van der Waals surface area contributed by atoms with Crippen LogP contribution in [0, 0.1) is 5.92 Å². The van der Waals surface area contributed by atoms with Gasteiger partial charge in [-0.15, -0.1) is 0 Å². The molecular weight excluding hydrogens is 202 g/mol. The maximum absolute atomic E-state index is 11.7. The first-order chi connectivity index (χ1) is 7.74. The van der Waals surface area contributed by atoms with Gasteiger partial charge in [-0.3, -0.25) is 9.78 Å².